The summed E-state index contributed by atoms with van der Waals surface area (Å²) in [5.41, 5.74) is 6.98. The molecule has 1 aromatic carbocycles. The van der Waals surface area contributed by atoms with Gasteiger partial charge in [-0.2, -0.15) is 0 Å². The molecule has 0 saturated carbocycles. The number of anilines is 2. The highest BCUT2D eigenvalue weighted by Gasteiger charge is 2.12. The van der Waals surface area contributed by atoms with Crippen molar-refractivity contribution in [1.29, 1.82) is 0 Å². The lowest BCUT2D eigenvalue weighted by molar-refractivity contribution is 0.244. The van der Waals surface area contributed by atoms with Crippen molar-refractivity contribution in [3.8, 4) is 0 Å². The predicted octanol–water partition coefficient (Wildman–Crippen LogP) is 2.82. The first-order valence-electron chi connectivity index (χ1n) is 5.96. The molecule has 4 nitrogen and oxygen atoms in total. The summed E-state index contributed by atoms with van der Waals surface area (Å²) >= 11 is 0. The quantitative estimate of drug-likeness (QED) is 0.702. The minimum absolute atomic E-state index is 0.154. The lowest BCUT2D eigenvalue weighted by atomic mass is 10.0. The van der Waals surface area contributed by atoms with Crippen LogP contribution in [0, 0.1) is 5.92 Å². The second-order valence-corrected chi connectivity index (χ2v) is 4.40. The van der Waals surface area contributed by atoms with E-state index in [1.165, 1.54) is 0 Å². The van der Waals surface area contributed by atoms with Gasteiger partial charge in [-0.3, -0.25) is 0 Å². The van der Waals surface area contributed by atoms with Gasteiger partial charge in [-0.05, 0) is 31.0 Å². The molecule has 2 amide bonds. The van der Waals surface area contributed by atoms with Gasteiger partial charge < -0.3 is 16.4 Å². The largest absolute Gasteiger partial charge is 0.399 e. The van der Waals surface area contributed by atoms with E-state index < -0.39 is 0 Å². The third-order valence-electron chi connectivity index (χ3n) is 3.00. The van der Waals surface area contributed by atoms with Crippen LogP contribution < -0.4 is 16.4 Å². The Hall–Kier alpha value is -1.71. The van der Waals surface area contributed by atoms with Gasteiger partial charge >= 0.3 is 6.03 Å². The first-order chi connectivity index (χ1) is 8.02. The lowest BCUT2D eigenvalue weighted by Crippen LogP contribution is -2.39. The van der Waals surface area contributed by atoms with Crippen LogP contribution in [0.4, 0.5) is 16.2 Å². The van der Waals surface area contributed by atoms with E-state index in [0.29, 0.717) is 17.3 Å². The third kappa shape index (κ3) is 4.34. The number of nitrogens with two attached hydrogens (primary N) is 1. The average molecular weight is 235 g/mol. The van der Waals surface area contributed by atoms with E-state index in [-0.39, 0.29) is 12.1 Å². The van der Waals surface area contributed by atoms with Crippen LogP contribution in [-0.4, -0.2) is 12.1 Å². The Morgan fingerprint density at radius 1 is 1.41 bits per heavy atom. The number of carbonyl (C=O) groups is 1. The summed E-state index contributed by atoms with van der Waals surface area (Å²) in [6.45, 7) is 6.23. The second-order valence-electron chi connectivity index (χ2n) is 4.40. The van der Waals surface area contributed by atoms with E-state index in [1.807, 2.05) is 19.1 Å². The maximum atomic E-state index is 11.7. The molecule has 1 aromatic rings. The minimum Gasteiger partial charge on any atom is -0.399 e. The van der Waals surface area contributed by atoms with Crippen LogP contribution in [-0.2, 0) is 0 Å². The van der Waals surface area contributed by atoms with E-state index in [0.717, 1.165) is 6.42 Å². The van der Waals surface area contributed by atoms with Gasteiger partial charge in [0.2, 0.25) is 0 Å². The monoisotopic (exact) mass is 235 g/mol. The molecule has 0 radical (unpaired) electrons. The standard InChI is InChI=1S/C13H21N3O/c1-4-9(2)10(3)15-13(17)16-12-7-5-6-11(14)8-12/h5-10H,4,14H2,1-3H3,(H2,15,16,17). The van der Waals surface area contributed by atoms with E-state index in [2.05, 4.69) is 24.5 Å². The number of rotatable bonds is 4. The smallest absolute Gasteiger partial charge is 0.319 e. The summed E-state index contributed by atoms with van der Waals surface area (Å²) in [5, 5.41) is 5.67. The van der Waals surface area contributed by atoms with Crippen molar-refractivity contribution < 1.29 is 4.79 Å². The maximum absolute atomic E-state index is 11.7. The summed E-state index contributed by atoms with van der Waals surface area (Å²) in [4.78, 5) is 11.7. The first-order valence-corrected chi connectivity index (χ1v) is 5.96. The maximum Gasteiger partial charge on any atom is 0.319 e. The van der Waals surface area contributed by atoms with Gasteiger partial charge in [0.1, 0.15) is 0 Å². The normalized spacial score (nSPS) is 13.8. The van der Waals surface area contributed by atoms with Crippen LogP contribution in [0.1, 0.15) is 27.2 Å². The fourth-order valence-electron chi connectivity index (χ4n) is 1.49. The highest BCUT2D eigenvalue weighted by atomic mass is 16.2. The Balaban J connectivity index is 2.50. The number of nitrogen functional groups attached to an aromatic ring is 1. The Morgan fingerprint density at radius 3 is 2.71 bits per heavy atom. The summed E-state index contributed by atoms with van der Waals surface area (Å²) in [7, 11) is 0. The number of nitrogens with one attached hydrogen (secondary N) is 2. The molecule has 0 aromatic heterocycles. The third-order valence-corrected chi connectivity index (χ3v) is 3.00. The van der Waals surface area contributed by atoms with Gasteiger partial charge in [-0.15, -0.1) is 0 Å². The number of amides is 2. The van der Waals surface area contributed by atoms with Gasteiger partial charge in [0.05, 0.1) is 0 Å². The molecule has 0 aliphatic heterocycles. The van der Waals surface area contributed by atoms with Crippen molar-refractivity contribution in [2.75, 3.05) is 11.1 Å². The van der Waals surface area contributed by atoms with Crippen molar-refractivity contribution in [2.45, 2.75) is 33.2 Å². The number of urea groups is 1. The van der Waals surface area contributed by atoms with Gasteiger partial charge in [0, 0.05) is 17.4 Å². The summed E-state index contributed by atoms with van der Waals surface area (Å²) in [6.07, 6.45) is 1.04. The molecule has 0 saturated heterocycles. The number of benzene rings is 1. The number of hydrogen-bond donors (Lipinski definition) is 3. The predicted molar refractivity (Wildman–Crippen MR) is 71.9 cm³/mol. The SMILES string of the molecule is CCC(C)C(C)NC(=O)Nc1cccc(N)c1. The first kappa shape index (κ1) is 13.4. The molecule has 94 valence electrons. The van der Waals surface area contributed by atoms with Crippen LogP contribution in [0.15, 0.2) is 24.3 Å². The molecule has 0 spiro atoms. The lowest BCUT2D eigenvalue weighted by Gasteiger charge is -2.20. The number of hydrogen-bond acceptors (Lipinski definition) is 2. The highest BCUT2D eigenvalue weighted by Crippen LogP contribution is 2.12. The zero-order chi connectivity index (χ0) is 12.8. The molecule has 4 N–H and O–H groups in total. The van der Waals surface area contributed by atoms with E-state index in [1.54, 1.807) is 12.1 Å². The van der Waals surface area contributed by atoms with Crippen molar-refractivity contribution in [1.82, 2.24) is 5.32 Å². The Labute approximate surface area is 103 Å². The van der Waals surface area contributed by atoms with Crippen molar-refractivity contribution in [3.63, 3.8) is 0 Å². The van der Waals surface area contributed by atoms with Crippen LogP contribution in [0.3, 0.4) is 0 Å². The molecule has 0 aliphatic rings. The molecule has 17 heavy (non-hydrogen) atoms. The van der Waals surface area contributed by atoms with Gasteiger partial charge in [0.15, 0.2) is 0 Å². The van der Waals surface area contributed by atoms with Crippen LogP contribution >= 0.6 is 0 Å². The van der Waals surface area contributed by atoms with Crippen molar-refractivity contribution >= 4 is 17.4 Å². The summed E-state index contributed by atoms with van der Waals surface area (Å²) in [5.74, 6) is 0.460. The van der Waals surface area contributed by atoms with Crippen LogP contribution in [0.2, 0.25) is 0 Å². The molecule has 4 heteroatoms. The fourth-order valence-corrected chi connectivity index (χ4v) is 1.49. The zero-order valence-electron chi connectivity index (χ0n) is 10.7. The van der Waals surface area contributed by atoms with Crippen LogP contribution in [0.5, 0.6) is 0 Å². The highest BCUT2D eigenvalue weighted by molar-refractivity contribution is 5.89. The van der Waals surface area contributed by atoms with Crippen molar-refractivity contribution in [2.24, 2.45) is 5.92 Å². The molecular formula is C13H21N3O. The van der Waals surface area contributed by atoms with E-state index >= 15 is 0 Å². The molecule has 2 unspecified atom stereocenters. The topological polar surface area (TPSA) is 67.2 Å². The molecule has 0 bridgehead atoms. The molecule has 2 atom stereocenters. The fraction of sp³-hybridized carbons (Fsp3) is 0.462. The molecule has 1 rings (SSSR count). The Kier molecular flexibility index (Phi) is 4.82. The Morgan fingerprint density at radius 2 is 2.12 bits per heavy atom. The molecule has 0 aliphatic carbocycles. The van der Waals surface area contributed by atoms with Gasteiger partial charge in [0.25, 0.3) is 0 Å². The van der Waals surface area contributed by atoms with Gasteiger partial charge in [-0.1, -0.05) is 26.3 Å². The zero-order valence-corrected chi connectivity index (χ0v) is 10.7. The molecule has 0 fully saturated rings. The summed E-state index contributed by atoms with van der Waals surface area (Å²) < 4.78 is 0. The second kappa shape index (κ2) is 6.13. The average Bonchev–Trinajstić information content (AvgIpc) is 2.27. The van der Waals surface area contributed by atoms with E-state index in [9.17, 15) is 4.79 Å². The molecular weight excluding hydrogens is 214 g/mol. The van der Waals surface area contributed by atoms with E-state index in [4.69, 9.17) is 5.73 Å². The summed E-state index contributed by atoms with van der Waals surface area (Å²) in [6, 6.07) is 7.09. The van der Waals surface area contributed by atoms with Gasteiger partial charge in [-0.25, -0.2) is 4.79 Å². The number of carbonyl (C=O) groups excluding carboxylic acids is 1. The van der Waals surface area contributed by atoms with Crippen molar-refractivity contribution in [3.05, 3.63) is 24.3 Å². The van der Waals surface area contributed by atoms with Crippen LogP contribution in [0.25, 0.3) is 0 Å². The molecule has 0 heterocycles. The minimum atomic E-state index is -0.191. The Bertz CT molecular complexity index is 379.